The van der Waals surface area contributed by atoms with Gasteiger partial charge >= 0.3 is 0 Å². The summed E-state index contributed by atoms with van der Waals surface area (Å²) in [6, 6.07) is 0. The van der Waals surface area contributed by atoms with Gasteiger partial charge in [0.15, 0.2) is 0 Å². The highest BCUT2D eigenvalue weighted by Crippen LogP contribution is 2.40. The summed E-state index contributed by atoms with van der Waals surface area (Å²) in [5, 5.41) is 1.17. The van der Waals surface area contributed by atoms with Gasteiger partial charge in [0, 0.05) is 25.0 Å². The molecule has 0 N–H and O–H groups in total. The average molecular weight is 276 g/mol. The van der Waals surface area contributed by atoms with Crippen LogP contribution < -0.4 is 0 Å². The van der Waals surface area contributed by atoms with E-state index < -0.39 is 0 Å². The van der Waals surface area contributed by atoms with Crippen molar-refractivity contribution in [2.24, 2.45) is 5.41 Å². The van der Waals surface area contributed by atoms with Gasteiger partial charge in [-0.05, 0) is 25.2 Å². The van der Waals surface area contributed by atoms with E-state index in [-0.39, 0.29) is 0 Å². The number of alkyl halides is 1. The second kappa shape index (κ2) is 5.15. The van der Waals surface area contributed by atoms with Crippen LogP contribution in [0.2, 0.25) is 0 Å². The van der Waals surface area contributed by atoms with Crippen molar-refractivity contribution in [3.8, 4) is 0 Å². The molecule has 2 fully saturated rings. The van der Waals surface area contributed by atoms with E-state index in [1.807, 2.05) is 0 Å². The Hall–Kier alpha value is 0.400. The molecule has 88 valence electrons. The minimum Gasteiger partial charge on any atom is -0.376 e. The van der Waals surface area contributed by atoms with Gasteiger partial charge in [-0.2, -0.15) is 0 Å². The Bertz CT molecular complexity index is 204. The van der Waals surface area contributed by atoms with Crippen molar-refractivity contribution < 1.29 is 4.74 Å². The van der Waals surface area contributed by atoms with Crippen molar-refractivity contribution in [2.45, 2.75) is 38.7 Å². The lowest BCUT2D eigenvalue weighted by atomic mass is 9.88. The molecular weight excluding hydrogens is 254 g/mol. The average Bonchev–Trinajstić information content (AvgIpc) is 2.67. The maximum Gasteiger partial charge on any atom is 0.0674 e. The summed E-state index contributed by atoms with van der Waals surface area (Å²) in [4.78, 5) is 2.60. The fourth-order valence-electron chi connectivity index (χ4n) is 2.97. The molecule has 1 heterocycles. The Kier molecular flexibility index (Phi) is 4.08. The monoisotopic (exact) mass is 275 g/mol. The van der Waals surface area contributed by atoms with Gasteiger partial charge in [0.1, 0.15) is 0 Å². The number of ether oxygens (including phenoxy) is 1. The quantitative estimate of drug-likeness (QED) is 0.735. The molecule has 1 saturated carbocycles. The van der Waals surface area contributed by atoms with Gasteiger partial charge in [0.2, 0.25) is 0 Å². The zero-order valence-electron chi connectivity index (χ0n) is 9.67. The first-order chi connectivity index (χ1) is 7.24. The Morgan fingerprint density at radius 3 is 2.73 bits per heavy atom. The van der Waals surface area contributed by atoms with Crippen LogP contribution >= 0.6 is 15.9 Å². The second-order valence-corrected chi connectivity index (χ2v) is 5.82. The molecule has 3 heteroatoms. The summed E-state index contributed by atoms with van der Waals surface area (Å²) in [5.41, 5.74) is 0.567. The van der Waals surface area contributed by atoms with Gasteiger partial charge < -0.3 is 4.74 Å². The fourth-order valence-corrected chi connectivity index (χ4v) is 3.71. The van der Waals surface area contributed by atoms with Gasteiger partial charge in [0.05, 0.1) is 12.7 Å². The molecule has 0 aromatic heterocycles. The lowest BCUT2D eigenvalue weighted by Crippen LogP contribution is -2.46. The molecule has 0 aromatic rings. The Labute approximate surface area is 101 Å². The number of morpholine rings is 1. The van der Waals surface area contributed by atoms with E-state index in [1.165, 1.54) is 37.6 Å². The molecule has 0 radical (unpaired) electrons. The van der Waals surface area contributed by atoms with E-state index in [2.05, 4.69) is 27.8 Å². The van der Waals surface area contributed by atoms with Crippen LogP contribution in [0.3, 0.4) is 0 Å². The molecule has 0 amide bonds. The minimum atomic E-state index is 0.424. The normalized spacial score (nSPS) is 32.0. The molecule has 1 unspecified atom stereocenters. The van der Waals surface area contributed by atoms with Gasteiger partial charge in [-0.3, -0.25) is 4.90 Å². The van der Waals surface area contributed by atoms with Crippen LogP contribution in [0.1, 0.15) is 32.6 Å². The summed E-state index contributed by atoms with van der Waals surface area (Å²) >= 11 is 3.72. The van der Waals surface area contributed by atoms with Gasteiger partial charge in [0.25, 0.3) is 0 Å². The molecule has 15 heavy (non-hydrogen) atoms. The van der Waals surface area contributed by atoms with Crippen molar-refractivity contribution in [1.29, 1.82) is 0 Å². The first-order valence-electron chi connectivity index (χ1n) is 6.14. The lowest BCUT2D eigenvalue weighted by molar-refractivity contribution is -0.0296. The highest BCUT2D eigenvalue weighted by atomic mass is 79.9. The van der Waals surface area contributed by atoms with Crippen molar-refractivity contribution in [3.05, 3.63) is 0 Å². The molecule has 0 bridgehead atoms. The van der Waals surface area contributed by atoms with E-state index in [1.54, 1.807) is 0 Å². The Balaban J connectivity index is 1.88. The number of hydrogen-bond donors (Lipinski definition) is 0. The maximum atomic E-state index is 5.59. The van der Waals surface area contributed by atoms with E-state index in [4.69, 9.17) is 4.74 Å². The number of rotatable bonds is 3. The minimum absolute atomic E-state index is 0.424. The van der Waals surface area contributed by atoms with Crippen molar-refractivity contribution in [2.75, 3.05) is 31.6 Å². The first-order valence-corrected chi connectivity index (χ1v) is 7.26. The summed E-state index contributed by atoms with van der Waals surface area (Å²) in [6.45, 7) is 6.61. The molecule has 1 aliphatic heterocycles. The van der Waals surface area contributed by atoms with Crippen LogP contribution in [-0.4, -0.2) is 42.6 Å². The highest BCUT2D eigenvalue weighted by Gasteiger charge is 2.35. The third-order valence-electron chi connectivity index (χ3n) is 3.83. The molecule has 1 saturated heterocycles. The standard InChI is InChI=1S/C12H22BrNO/c1-11-8-14(6-7-15-11)10-12(9-13)4-2-3-5-12/h11H,2-10H2,1H3. The topological polar surface area (TPSA) is 12.5 Å². The lowest BCUT2D eigenvalue weighted by Gasteiger charge is -2.38. The molecule has 0 aromatic carbocycles. The predicted octanol–water partition coefficient (Wildman–Crippen LogP) is 2.66. The predicted molar refractivity (Wildman–Crippen MR) is 66.5 cm³/mol. The Morgan fingerprint density at radius 1 is 1.40 bits per heavy atom. The first kappa shape index (κ1) is 11.9. The fraction of sp³-hybridized carbons (Fsp3) is 1.00. The SMILES string of the molecule is CC1CN(CC2(CBr)CCCC2)CCO1. The van der Waals surface area contributed by atoms with Crippen molar-refractivity contribution in [3.63, 3.8) is 0 Å². The highest BCUT2D eigenvalue weighted by molar-refractivity contribution is 9.09. The van der Waals surface area contributed by atoms with E-state index in [0.29, 0.717) is 11.5 Å². The maximum absolute atomic E-state index is 5.59. The summed E-state index contributed by atoms with van der Waals surface area (Å²) in [7, 11) is 0. The molecule has 1 aliphatic carbocycles. The Morgan fingerprint density at radius 2 is 2.13 bits per heavy atom. The molecule has 2 aliphatic rings. The van der Waals surface area contributed by atoms with Crippen molar-refractivity contribution in [1.82, 2.24) is 4.90 Å². The van der Waals surface area contributed by atoms with E-state index >= 15 is 0 Å². The number of hydrogen-bond acceptors (Lipinski definition) is 2. The van der Waals surface area contributed by atoms with Crippen LogP contribution in [0.25, 0.3) is 0 Å². The van der Waals surface area contributed by atoms with E-state index in [0.717, 1.165) is 19.7 Å². The molecule has 0 spiro atoms. The summed E-state index contributed by atoms with van der Waals surface area (Å²) in [5.74, 6) is 0. The van der Waals surface area contributed by atoms with Crippen LogP contribution in [0.15, 0.2) is 0 Å². The molecule has 2 nitrogen and oxygen atoms in total. The van der Waals surface area contributed by atoms with Crippen LogP contribution in [-0.2, 0) is 4.74 Å². The van der Waals surface area contributed by atoms with Crippen LogP contribution in [0.5, 0.6) is 0 Å². The zero-order chi connectivity index (χ0) is 10.7. The third kappa shape index (κ3) is 2.95. The van der Waals surface area contributed by atoms with Crippen molar-refractivity contribution >= 4 is 15.9 Å². The van der Waals surface area contributed by atoms with Gasteiger partial charge in [-0.25, -0.2) is 0 Å². The van der Waals surface area contributed by atoms with Gasteiger partial charge in [-0.1, -0.05) is 28.8 Å². The second-order valence-electron chi connectivity index (χ2n) is 5.26. The van der Waals surface area contributed by atoms with Crippen LogP contribution in [0.4, 0.5) is 0 Å². The largest absolute Gasteiger partial charge is 0.376 e. The molecule has 1 atom stereocenters. The summed E-state index contributed by atoms with van der Waals surface area (Å²) in [6.07, 6.45) is 6.08. The van der Waals surface area contributed by atoms with E-state index in [9.17, 15) is 0 Å². The van der Waals surface area contributed by atoms with Gasteiger partial charge in [-0.15, -0.1) is 0 Å². The van der Waals surface area contributed by atoms with Crippen LogP contribution in [0, 0.1) is 5.41 Å². The third-order valence-corrected chi connectivity index (χ3v) is 5.02. The summed E-state index contributed by atoms with van der Waals surface area (Å²) < 4.78 is 5.59. The smallest absolute Gasteiger partial charge is 0.0674 e. The molecular formula is C12H22BrNO. The number of halogens is 1. The zero-order valence-corrected chi connectivity index (χ0v) is 11.3. The number of nitrogens with zero attached hydrogens (tertiary/aromatic N) is 1. The molecule has 2 rings (SSSR count).